The number of hydrogen-bond acceptors (Lipinski definition) is 5. The molecule has 198 valence electrons. The number of nitrogens with zero attached hydrogens (tertiary/aromatic N) is 3. The molecule has 0 aliphatic carbocycles. The summed E-state index contributed by atoms with van der Waals surface area (Å²) >= 11 is 0. The van der Waals surface area contributed by atoms with Crippen molar-refractivity contribution in [3.63, 3.8) is 0 Å². The summed E-state index contributed by atoms with van der Waals surface area (Å²) in [6, 6.07) is 20.6. The molecule has 4 aromatic rings. The fraction of sp³-hybridized carbons (Fsp3) is 0.323. The number of aliphatic hydroxyl groups excluding tert-OH is 1. The average Bonchev–Trinajstić information content (AvgIpc) is 3.20. The first-order valence-electron chi connectivity index (χ1n) is 13.1. The summed E-state index contributed by atoms with van der Waals surface area (Å²) in [4.78, 5) is 17.0. The van der Waals surface area contributed by atoms with Crippen LogP contribution in [-0.4, -0.2) is 65.8 Å². The van der Waals surface area contributed by atoms with Crippen molar-refractivity contribution in [2.45, 2.75) is 26.9 Å². The Labute approximate surface area is 222 Å². The highest BCUT2D eigenvalue weighted by atomic mass is 19.1. The van der Waals surface area contributed by atoms with Gasteiger partial charge in [0.05, 0.1) is 5.52 Å². The van der Waals surface area contributed by atoms with Gasteiger partial charge in [0, 0.05) is 60.7 Å². The number of rotatable bonds is 8. The summed E-state index contributed by atoms with van der Waals surface area (Å²) in [6.45, 7) is 9.56. The van der Waals surface area contributed by atoms with Gasteiger partial charge in [-0.25, -0.2) is 4.39 Å². The van der Waals surface area contributed by atoms with Gasteiger partial charge in [0.15, 0.2) is 5.78 Å². The normalized spacial score (nSPS) is 15.1. The molecule has 3 aromatic carbocycles. The van der Waals surface area contributed by atoms with E-state index in [0.717, 1.165) is 54.2 Å². The number of aryl methyl sites for hydroxylation is 1. The van der Waals surface area contributed by atoms with Crippen LogP contribution in [0.1, 0.15) is 28.5 Å². The molecule has 38 heavy (non-hydrogen) atoms. The van der Waals surface area contributed by atoms with Crippen LogP contribution in [-0.2, 0) is 0 Å². The van der Waals surface area contributed by atoms with E-state index in [1.807, 2.05) is 25.1 Å². The standard InChI is InChI=1S/C31H34FN3O3/c1-21-4-8-26(9-5-21)35-22(2)31(23(3)36)29-18-28(12-13-30(29)35)38-20-27(37)19-33-14-16-34(17-15-33)25-10-6-24(32)7-11-25/h4-13,18,27,37H,14-17,19-20H2,1-3H3/t27-/m1/s1. The van der Waals surface area contributed by atoms with Crippen molar-refractivity contribution in [2.24, 2.45) is 0 Å². The van der Waals surface area contributed by atoms with E-state index in [1.54, 1.807) is 19.1 Å². The highest BCUT2D eigenvalue weighted by molar-refractivity contribution is 6.09. The first-order valence-corrected chi connectivity index (χ1v) is 13.1. The van der Waals surface area contributed by atoms with Gasteiger partial charge in [-0.2, -0.15) is 0 Å². The Morgan fingerprint density at radius 2 is 1.61 bits per heavy atom. The smallest absolute Gasteiger partial charge is 0.162 e. The number of anilines is 1. The second kappa shape index (κ2) is 11.0. The Hall–Kier alpha value is -3.68. The number of β-amino-alcohol motifs (C(OH)–C–C–N with tert-alkyl or cyclic N) is 1. The Kier molecular flexibility index (Phi) is 7.49. The molecule has 2 heterocycles. The lowest BCUT2D eigenvalue weighted by atomic mass is 10.1. The fourth-order valence-corrected chi connectivity index (χ4v) is 5.34. The molecule has 1 aliphatic rings. The number of aliphatic hydroxyl groups is 1. The Balaban J connectivity index is 1.23. The quantitative estimate of drug-likeness (QED) is 0.329. The summed E-state index contributed by atoms with van der Waals surface area (Å²) < 4.78 is 21.3. The number of hydrogen-bond donors (Lipinski definition) is 1. The first kappa shape index (κ1) is 25.9. The number of piperazine rings is 1. The zero-order chi connectivity index (χ0) is 26.8. The van der Waals surface area contributed by atoms with Gasteiger partial charge in [0.2, 0.25) is 0 Å². The molecule has 6 nitrogen and oxygen atoms in total. The topological polar surface area (TPSA) is 57.9 Å². The van der Waals surface area contributed by atoms with E-state index in [1.165, 1.54) is 17.7 Å². The Morgan fingerprint density at radius 3 is 2.26 bits per heavy atom. The van der Waals surface area contributed by atoms with Crippen LogP contribution >= 0.6 is 0 Å². The minimum atomic E-state index is -0.644. The lowest BCUT2D eigenvalue weighted by Crippen LogP contribution is -2.49. The van der Waals surface area contributed by atoms with Gasteiger partial charge >= 0.3 is 0 Å². The van der Waals surface area contributed by atoms with Gasteiger partial charge in [-0.3, -0.25) is 9.69 Å². The Morgan fingerprint density at radius 1 is 0.947 bits per heavy atom. The monoisotopic (exact) mass is 515 g/mol. The summed E-state index contributed by atoms with van der Waals surface area (Å²) in [5, 5.41) is 11.5. The number of ketones is 1. The molecular weight excluding hydrogens is 481 g/mol. The van der Waals surface area contributed by atoms with E-state index in [4.69, 9.17) is 4.74 Å². The maximum atomic E-state index is 13.2. The fourth-order valence-electron chi connectivity index (χ4n) is 5.34. The van der Waals surface area contributed by atoms with E-state index >= 15 is 0 Å². The Bertz CT molecular complexity index is 1420. The van der Waals surface area contributed by atoms with Crippen molar-refractivity contribution in [1.82, 2.24) is 9.47 Å². The predicted molar refractivity (Wildman–Crippen MR) is 149 cm³/mol. The van der Waals surface area contributed by atoms with Crippen LogP contribution in [0.2, 0.25) is 0 Å². The van der Waals surface area contributed by atoms with Crippen LogP contribution in [0.3, 0.4) is 0 Å². The molecule has 0 unspecified atom stereocenters. The molecule has 1 aromatic heterocycles. The molecule has 1 atom stereocenters. The van der Waals surface area contributed by atoms with Crippen molar-refractivity contribution in [2.75, 3.05) is 44.2 Å². The molecule has 1 aliphatic heterocycles. The molecule has 0 spiro atoms. The van der Waals surface area contributed by atoms with Crippen LogP contribution in [0.4, 0.5) is 10.1 Å². The van der Waals surface area contributed by atoms with Gasteiger partial charge < -0.3 is 19.3 Å². The van der Waals surface area contributed by atoms with Crippen molar-refractivity contribution >= 4 is 22.4 Å². The molecule has 0 saturated carbocycles. The minimum Gasteiger partial charge on any atom is -0.491 e. The lowest BCUT2D eigenvalue weighted by molar-refractivity contribution is 0.0663. The zero-order valence-corrected chi connectivity index (χ0v) is 22.2. The molecule has 5 rings (SSSR count). The van der Waals surface area contributed by atoms with Gasteiger partial charge in [0.25, 0.3) is 0 Å². The average molecular weight is 516 g/mol. The molecule has 0 radical (unpaired) electrons. The van der Waals surface area contributed by atoms with E-state index in [2.05, 4.69) is 45.6 Å². The largest absolute Gasteiger partial charge is 0.491 e. The highest BCUT2D eigenvalue weighted by Crippen LogP contribution is 2.32. The molecule has 1 fully saturated rings. The van der Waals surface area contributed by atoms with E-state index in [-0.39, 0.29) is 18.2 Å². The van der Waals surface area contributed by atoms with Crippen molar-refractivity contribution in [3.05, 3.63) is 89.4 Å². The summed E-state index contributed by atoms with van der Waals surface area (Å²) in [5.41, 5.74) is 5.73. The lowest BCUT2D eigenvalue weighted by Gasteiger charge is -2.36. The van der Waals surface area contributed by atoms with Crippen LogP contribution in [0.15, 0.2) is 66.7 Å². The van der Waals surface area contributed by atoms with Crippen LogP contribution in [0, 0.1) is 19.7 Å². The molecule has 1 saturated heterocycles. The predicted octanol–water partition coefficient (Wildman–Crippen LogP) is 5.15. The SMILES string of the molecule is CC(=O)c1c(C)n(-c2ccc(C)cc2)c2ccc(OC[C@H](O)CN3CCN(c4ccc(F)cc4)CC3)cc12. The molecule has 0 bridgehead atoms. The third-order valence-corrected chi connectivity index (χ3v) is 7.30. The third kappa shape index (κ3) is 5.44. The summed E-state index contributed by atoms with van der Waals surface area (Å²) in [7, 11) is 0. The van der Waals surface area contributed by atoms with E-state index in [9.17, 15) is 14.3 Å². The highest BCUT2D eigenvalue weighted by Gasteiger charge is 2.21. The van der Waals surface area contributed by atoms with Crippen molar-refractivity contribution < 1.29 is 19.0 Å². The van der Waals surface area contributed by atoms with Gasteiger partial charge in [-0.1, -0.05) is 17.7 Å². The van der Waals surface area contributed by atoms with Crippen LogP contribution in [0.25, 0.3) is 16.6 Å². The molecule has 1 N–H and O–H groups in total. The second-order valence-electron chi connectivity index (χ2n) is 10.1. The van der Waals surface area contributed by atoms with E-state index < -0.39 is 6.10 Å². The van der Waals surface area contributed by atoms with Crippen LogP contribution < -0.4 is 9.64 Å². The van der Waals surface area contributed by atoms with E-state index in [0.29, 0.717) is 17.9 Å². The maximum absolute atomic E-state index is 13.2. The number of carbonyl (C=O) groups excluding carboxylic acids is 1. The van der Waals surface area contributed by atoms with Gasteiger partial charge in [0.1, 0.15) is 24.3 Å². The number of benzene rings is 3. The number of fused-ring (bicyclic) bond motifs is 1. The summed E-state index contributed by atoms with van der Waals surface area (Å²) in [6.07, 6.45) is -0.644. The van der Waals surface area contributed by atoms with Crippen molar-refractivity contribution in [3.8, 4) is 11.4 Å². The number of ether oxygens (including phenoxy) is 1. The van der Waals surface area contributed by atoms with Gasteiger partial charge in [-0.05, 0) is 75.4 Å². The zero-order valence-electron chi connectivity index (χ0n) is 22.2. The maximum Gasteiger partial charge on any atom is 0.162 e. The molecular formula is C31H34FN3O3. The third-order valence-electron chi connectivity index (χ3n) is 7.30. The van der Waals surface area contributed by atoms with Crippen LogP contribution in [0.5, 0.6) is 5.75 Å². The molecule has 7 heteroatoms. The van der Waals surface area contributed by atoms with Gasteiger partial charge in [-0.15, -0.1) is 0 Å². The minimum absolute atomic E-state index is 0.00956. The second-order valence-corrected chi connectivity index (χ2v) is 10.1. The summed E-state index contributed by atoms with van der Waals surface area (Å²) in [5.74, 6) is 0.405. The van der Waals surface area contributed by atoms with Crippen molar-refractivity contribution in [1.29, 1.82) is 0 Å². The number of aromatic nitrogens is 1. The number of Topliss-reactive ketones (excluding diaryl/α,β-unsaturated/α-hetero) is 1. The first-order chi connectivity index (χ1) is 18.3. The number of halogens is 1. The molecule has 0 amide bonds. The number of carbonyl (C=O) groups is 1.